The number of rotatable bonds is 7. The molecule has 0 radical (unpaired) electrons. The highest BCUT2D eigenvalue weighted by molar-refractivity contribution is 7.23. The van der Waals surface area contributed by atoms with E-state index in [4.69, 9.17) is 15.0 Å². The standard InChI is InChI=1S/C55H37N3Si/c1-4-17-38(18-5-1)39-31-33-42(34-32-39)54-56-53(41-20-6-2-7-21-41)57-55(58-54)49-28-13-12-25-45(49)43-35-36-48-47-27-14-15-29-51(47)59(52(48)37-43,44-23-8-3-9-24-44)50-30-16-22-40-19-10-11-26-46(40)50/h1-37H. The van der Waals surface area contributed by atoms with Gasteiger partial charge in [-0.2, -0.15) is 0 Å². The maximum absolute atomic E-state index is 5.24. The van der Waals surface area contributed by atoms with Crippen molar-refractivity contribution in [2.24, 2.45) is 0 Å². The van der Waals surface area contributed by atoms with Crippen LogP contribution in [0.5, 0.6) is 0 Å². The molecule has 0 spiro atoms. The average molecular weight is 768 g/mol. The lowest BCUT2D eigenvalue weighted by molar-refractivity contribution is 1.07. The first-order chi connectivity index (χ1) is 29.3. The van der Waals surface area contributed by atoms with Crippen molar-refractivity contribution < 1.29 is 0 Å². The van der Waals surface area contributed by atoms with Gasteiger partial charge in [0.05, 0.1) is 0 Å². The van der Waals surface area contributed by atoms with Gasteiger partial charge in [0.1, 0.15) is 0 Å². The number of benzene rings is 9. The molecule has 1 aliphatic heterocycles. The highest BCUT2D eigenvalue weighted by atomic mass is 28.3. The molecule has 0 bridgehead atoms. The van der Waals surface area contributed by atoms with Gasteiger partial charge in [-0.15, -0.1) is 0 Å². The quantitative estimate of drug-likeness (QED) is 0.152. The van der Waals surface area contributed by atoms with Crippen LogP contribution in [0.2, 0.25) is 0 Å². The number of hydrogen-bond acceptors (Lipinski definition) is 3. The Labute approximate surface area is 345 Å². The Morgan fingerprint density at radius 2 is 0.746 bits per heavy atom. The third-order valence-electron chi connectivity index (χ3n) is 11.8. The van der Waals surface area contributed by atoms with Crippen LogP contribution in [0, 0.1) is 0 Å². The smallest absolute Gasteiger partial charge is 0.181 e. The molecule has 0 fully saturated rings. The van der Waals surface area contributed by atoms with Gasteiger partial charge in [-0.3, -0.25) is 0 Å². The predicted octanol–water partition coefficient (Wildman–Crippen LogP) is 10.7. The van der Waals surface area contributed by atoms with Gasteiger partial charge in [0.25, 0.3) is 0 Å². The predicted molar refractivity (Wildman–Crippen MR) is 247 cm³/mol. The first-order valence-corrected chi connectivity index (χ1v) is 22.1. The number of nitrogens with zero attached hydrogens (tertiary/aromatic N) is 3. The molecule has 276 valence electrons. The summed E-state index contributed by atoms with van der Waals surface area (Å²) in [5.74, 6) is 1.92. The fraction of sp³-hybridized carbons (Fsp3) is 0. The van der Waals surface area contributed by atoms with E-state index in [1.165, 1.54) is 48.2 Å². The second-order valence-electron chi connectivity index (χ2n) is 15.1. The fourth-order valence-electron chi connectivity index (χ4n) is 9.16. The van der Waals surface area contributed by atoms with Crippen LogP contribution in [0.25, 0.3) is 78.3 Å². The Morgan fingerprint density at radius 1 is 0.271 bits per heavy atom. The monoisotopic (exact) mass is 767 g/mol. The van der Waals surface area contributed by atoms with E-state index in [0.717, 1.165) is 33.4 Å². The van der Waals surface area contributed by atoms with Crippen LogP contribution in [0.4, 0.5) is 0 Å². The zero-order valence-electron chi connectivity index (χ0n) is 32.2. The molecular weight excluding hydrogens is 731 g/mol. The topological polar surface area (TPSA) is 38.7 Å². The van der Waals surface area contributed by atoms with Crippen molar-refractivity contribution >= 4 is 39.6 Å². The number of aromatic nitrogens is 3. The Bertz CT molecular complexity index is 3140. The molecule has 0 aliphatic carbocycles. The van der Waals surface area contributed by atoms with E-state index >= 15 is 0 Å². The summed E-state index contributed by atoms with van der Waals surface area (Å²) in [6.45, 7) is 0. The van der Waals surface area contributed by atoms with Gasteiger partial charge < -0.3 is 0 Å². The van der Waals surface area contributed by atoms with Crippen LogP contribution in [-0.4, -0.2) is 23.0 Å². The number of fused-ring (bicyclic) bond motifs is 4. The molecule has 9 aromatic carbocycles. The van der Waals surface area contributed by atoms with Crippen molar-refractivity contribution in [3.63, 3.8) is 0 Å². The molecule has 0 N–H and O–H groups in total. The molecule has 1 aromatic heterocycles. The van der Waals surface area contributed by atoms with Crippen LogP contribution in [0.15, 0.2) is 224 Å². The first kappa shape index (κ1) is 34.7. The molecule has 4 heteroatoms. The van der Waals surface area contributed by atoms with E-state index in [9.17, 15) is 0 Å². The number of hydrogen-bond donors (Lipinski definition) is 0. The molecule has 0 saturated carbocycles. The van der Waals surface area contributed by atoms with E-state index in [2.05, 4.69) is 200 Å². The van der Waals surface area contributed by atoms with Crippen LogP contribution in [0.1, 0.15) is 0 Å². The normalized spacial score (nSPS) is 14.2. The van der Waals surface area contributed by atoms with Gasteiger partial charge in [-0.05, 0) is 64.9 Å². The minimum absolute atomic E-state index is 0.638. The van der Waals surface area contributed by atoms with Gasteiger partial charge in [0, 0.05) is 16.7 Å². The van der Waals surface area contributed by atoms with Crippen LogP contribution in [-0.2, 0) is 0 Å². The summed E-state index contributed by atoms with van der Waals surface area (Å²) in [5, 5.41) is 8.17. The molecule has 1 atom stereocenters. The third-order valence-corrected chi connectivity index (χ3v) is 16.8. The van der Waals surface area contributed by atoms with Crippen molar-refractivity contribution in [1.82, 2.24) is 15.0 Å². The zero-order valence-corrected chi connectivity index (χ0v) is 33.2. The van der Waals surface area contributed by atoms with E-state index in [1.807, 2.05) is 24.3 Å². The van der Waals surface area contributed by atoms with Gasteiger partial charge in [-0.25, -0.2) is 15.0 Å². The SMILES string of the molecule is c1ccc(-c2ccc(-c3nc(-c4ccccc4)nc(-c4ccccc4-c4ccc5c(c4)[Si](c4ccccc4)(c4cccc6ccccc46)c4ccccc4-5)n3)cc2)cc1. The largest absolute Gasteiger partial charge is 0.208 e. The van der Waals surface area contributed by atoms with E-state index in [0.29, 0.717) is 17.5 Å². The molecule has 0 amide bonds. The highest BCUT2D eigenvalue weighted by Crippen LogP contribution is 2.37. The molecule has 10 aromatic rings. The molecule has 11 rings (SSSR count). The first-order valence-electron chi connectivity index (χ1n) is 20.1. The maximum Gasteiger partial charge on any atom is 0.181 e. The summed E-state index contributed by atoms with van der Waals surface area (Å²) in [6, 6.07) is 80.9. The molecular formula is C55H37N3Si. The molecule has 59 heavy (non-hydrogen) atoms. The van der Waals surface area contributed by atoms with Crippen molar-refractivity contribution in [3.8, 4) is 67.5 Å². The van der Waals surface area contributed by atoms with Crippen molar-refractivity contribution in [1.29, 1.82) is 0 Å². The fourth-order valence-corrected chi connectivity index (χ4v) is 14.6. The summed E-state index contributed by atoms with van der Waals surface area (Å²) in [7, 11) is -2.83. The Morgan fingerprint density at radius 3 is 1.49 bits per heavy atom. The summed E-state index contributed by atoms with van der Waals surface area (Å²) >= 11 is 0. The minimum Gasteiger partial charge on any atom is -0.208 e. The van der Waals surface area contributed by atoms with Gasteiger partial charge in [0.2, 0.25) is 0 Å². The average Bonchev–Trinajstić information content (AvgIpc) is 3.62. The van der Waals surface area contributed by atoms with Crippen molar-refractivity contribution in [2.45, 2.75) is 0 Å². The Hall–Kier alpha value is -7.53. The lowest BCUT2D eigenvalue weighted by Crippen LogP contribution is -2.73. The maximum atomic E-state index is 5.24. The lowest BCUT2D eigenvalue weighted by atomic mass is 9.96. The van der Waals surface area contributed by atoms with Gasteiger partial charge in [-0.1, -0.05) is 224 Å². The molecule has 1 aliphatic rings. The minimum atomic E-state index is -2.83. The summed E-state index contributed by atoms with van der Waals surface area (Å²) < 4.78 is 0. The lowest BCUT2D eigenvalue weighted by Gasteiger charge is -2.32. The van der Waals surface area contributed by atoms with E-state index in [-0.39, 0.29) is 0 Å². The van der Waals surface area contributed by atoms with Gasteiger partial charge in [0.15, 0.2) is 25.5 Å². The summed E-state index contributed by atoms with van der Waals surface area (Å²) in [5.41, 5.74) is 10.00. The van der Waals surface area contributed by atoms with E-state index < -0.39 is 8.07 Å². The Kier molecular flexibility index (Phi) is 8.49. The van der Waals surface area contributed by atoms with Crippen LogP contribution >= 0.6 is 0 Å². The van der Waals surface area contributed by atoms with Crippen molar-refractivity contribution in [3.05, 3.63) is 224 Å². The molecule has 2 heterocycles. The second kappa shape index (κ2) is 14.4. The van der Waals surface area contributed by atoms with Crippen LogP contribution in [0.3, 0.4) is 0 Å². The third kappa shape index (κ3) is 5.84. The second-order valence-corrected chi connectivity index (χ2v) is 18.8. The summed E-state index contributed by atoms with van der Waals surface area (Å²) in [6.07, 6.45) is 0. The molecule has 3 nitrogen and oxygen atoms in total. The summed E-state index contributed by atoms with van der Waals surface area (Å²) in [4.78, 5) is 15.5. The van der Waals surface area contributed by atoms with E-state index in [1.54, 1.807) is 0 Å². The zero-order chi connectivity index (χ0) is 39.2. The molecule has 1 unspecified atom stereocenters. The molecule has 0 saturated heterocycles. The Balaban J connectivity index is 1.12. The van der Waals surface area contributed by atoms with Gasteiger partial charge >= 0.3 is 0 Å². The highest BCUT2D eigenvalue weighted by Gasteiger charge is 2.49. The van der Waals surface area contributed by atoms with Crippen molar-refractivity contribution in [2.75, 3.05) is 0 Å². The van der Waals surface area contributed by atoms with Crippen LogP contribution < -0.4 is 20.7 Å².